The number of hydrogen-bond donors (Lipinski definition) is 2. The second kappa shape index (κ2) is 8.08. The second-order valence-electron chi connectivity index (χ2n) is 5.86. The molecule has 0 aromatic carbocycles. The molecular formula is C14H30O2. The molecule has 0 spiro atoms. The van der Waals surface area contributed by atoms with Crippen molar-refractivity contribution in [3.8, 4) is 0 Å². The van der Waals surface area contributed by atoms with E-state index in [0.717, 1.165) is 12.8 Å². The monoisotopic (exact) mass is 230 g/mol. The van der Waals surface area contributed by atoms with Gasteiger partial charge in [-0.15, -0.1) is 0 Å². The summed E-state index contributed by atoms with van der Waals surface area (Å²) >= 11 is 0. The van der Waals surface area contributed by atoms with Crippen molar-refractivity contribution >= 4 is 0 Å². The maximum atomic E-state index is 9.49. The fourth-order valence-electron chi connectivity index (χ4n) is 2.45. The van der Waals surface area contributed by atoms with Gasteiger partial charge in [0.1, 0.15) is 0 Å². The fraction of sp³-hybridized carbons (Fsp3) is 1.00. The molecule has 2 heteroatoms. The summed E-state index contributed by atoms with van der Waals surface area (Å²) in [5, 5.41) is 18.5. The zero-order chi connectivity index (χ0) is 12.7. The summed E-state index contributed by atoms with van der Waals surface area (Å²) in [6.45, 7) is 11.5. The summed E-state index contributed by atoms with van der Waals surface area (Å²) in [6.07, 6.45) is 2.17. The topological polar surface area (TPSA) is 40.5 Å². The van der Waals surface area contributed by atoms with Crippen LogP contribution in [0.5, 0.6) is 0 Å². The summed E-state index contributed by atoms with van der Waals surface area (Å²) in [5.41, 5.74) is 0. The van der Waals surface area contributed by atoms with Crippen LogP contribution in [0.2, 0.25) is 0 Å². The van der Waals surface area contributed by atoms with Gasteiger partial charge in [0, 0.05) is 13.2 Å². The molecule has 1 unspecified atom stereocenters. The van der Waals surface area contributed by atoms with E-state index in [4.69, 9.17) is 5.11 Å². The second-order valence-corrected chi connectivity index (χ2v) is 5.86. The summed E-state index contributed by atoms with van der Waals surface area (Å²) in [6, 6.07) is 0. The van der Waals surface area contributed by atoms with Gasteiger partial charge in [0.05, 0.1) is 0 Å². The molecule has 98 valence electrons. The van der Waals surface area contributed by atoms with Crippen molar-refractivity contribution in [2.24, 2.45) is 29.6 Å². The van der Waals surface area contributed by atoms with Crippen LogP contribution in [0.3, 0.4) is 0 Å². The molecule has 0 saturated heterocycles. The van der Waals surface area contributed by atoms with Gasteiger partial charge < -0.3 is 10.2 Å². The van der Waals surface area contributed by atoms with Crippen LogP contribution in [-0.2, 0) is 0 Å². The first-order valence-corrected chi connectivity index (χ1v) is 6.65. The van der Waals surface area contributed by atoms with Crippen molar-refractivity contribution in [1.82, 2.24) is 0 Å². The first-order valence-electron chi connectivity index (χ1n) is 6.65. The van der Waals surface area contributed by atoms with E-state index in [1.165, 1.54) is 0 Å². The van der Waals surface area contributed by atoms with Crippen molar-refractivity contribution in [3.63, 3.8) is 0 Å². The predicted octanol–water partition coefficient (Wildman–Crippen LogP) is 2.93. The largest absolute Gasteiger partial charge is 0.396 e. The van der Waals surface area contributed by atoms with E-state index in [0.29, 0.717) is 29.6 Å². The zero-order valence-electron chi connectivity index (χ0n) is 11.6. The van der Waals surface area contributed by atoms with Gasteiger partial charge >= 0.3 is 0 Å². The molecule has 0 saturated carbocycles. The Morgan fingerprint density at radius 2 is 1.19 bits per heavy atom. The van der Waals surface area contributed by atoms with Crippen molar-refractivity contribution in [2.75, 3.05) is 13.2 Å². The molecule has 3 atom stereocenters. The average molecular weight is 230 g/mol. The molecule has 0 aliphatic carbocycles. The molecule has 0 radical (unpaired) electrons. The molecule has 16 heavy (non-hydrogen) atoms. The maximum Gasteiger partial charge on any atom is 0.0464 e. The number of hydrogen-bond acceptors (Lipinski definition) is 2. The molecule has 0 rings (SSSR count). The van der Waals surface area contributed by atoms with Crippen LogP contribution in [0.15, 0.2) is 0 Å². The van der Waals surface area contributed by atoms with Crippen LogP contribution >= 0.6 is 0 Å². The van der Waals surface area contributed by atoms with E-state index >= 15 is 0 Å². The van der Waals surface area contributed by atoms with E-state index in [9.17, 15) is 5.11 Å². The molecule has 0 bridgehead atoms. The third kappa shape index (κ3) is 5.31. The molecule has 2 N–H and O–H groups in total. The molecule has 2 nitrogen and oxygen atoms in total. The molecular weight excluding hydrogens is 200 g/mol. The Kier molecular flexibility index (Phi) is 8.04. The van der Waals surface area contributed by atoms with Crippen LogP contribution in [0, 0.1) is 29.6 Å². The Morgan fingerprint density at radius 3 is 1.50 bits per heavy atom. The minimum Gasteiger partial charge on any atom is -0.396 e. The van der Waals surface area contributed by atoms with E-state index in [1.54, 1.807) is 0 Å². The van der Waals surface area contributed by atoms with Crippen LogP contribution in [0.1, 0.15) is 47.5 Å². The van der Waals surface area contributed by atoms with Gasteiger partial charge in [-0.3, -0.25) is 0 Å². The lowest BCUT2D eigenvalue weighted by Gasteiger charge is -2.32. The fourth-order valence-corrected chi connectivity index (χ4v) is 2.45. The van der Waals surface area contributed by atoms with Crippen molar-refractivity contribution in [3.05, 3.63) is 0 Å². The lowest BCUT2D eigenvalue weighted by atomic mass is 9.74. The minimum atomic E-state index is 0.274. The molecule has 0 aromatic heterocycles. The molecule has 0 aliphatic rings. The average Bonchev–Trinajstić information content (AvgIpc) is 2.22. The summed E-state index contributed by atoms with van der Waals surface area (Å²) < 4.78 is 0. The van der Waals surface area contributed by atoms with Gasteiger partial charge in [-0.1, -0.05) is 34.6 Å². The van der Waals surface area contributed by atoms with Gasteiger partial charge in [0.2, 0.25) is 0 Å². The quantitative estimate of drug-likeness (QED) is 0.673. The normalized spacial score (nSPS) is 17.8. The Morgan fingerprint density at radius 1 is 0.688 bits per heavy atom. The molecule has 0 aliphatic heterocycles. The van der Waals surface area contributed by atoms with Crippen molar-refractivity contribution in [2.45, 2.75) is 47.5 Å². The highest BCUT2D eigenvalue weighted by atomic mass is 16.3. The highest BCUT2D eigenvalue weighted by molar-refractivity contribution is 4.75. The predicted molar refractivity (Wildman–Crippen MR) is 69.2 cm³/mol. The van der Waals surface area contributed by atoms with Crippen molar-refractivity contribution in [1.29, 1.82) is 0 Å². The van der Waals surface area contributed by atoms with E-state index in [-0.39, 0.29) is 13.2 Å². The first-order chi connectivity index (χ1) is 7.43. The van der Waals surface area contributed by atoms with Gasteiger partial charge in [-0.25, -0.2) is 0 Å². The maximum absolute atomic E-state index is 9.49. The van der Waals surface area contributed by atoms with Gasteiger partial charge in [0.25, 0.3) is 0 Å². The third-order valence-corrected chi connectivity index (χ3v) is 3.78. The van der Waals surface area contributed by atoms with Crippen molar-refractivity contribution < 1.29 is 10.2 Å². The van der Waals surface area contributed by atoms with E-state index in [1.807, 2.05) is 0 Å². The highest BCUT2D eigenvalue weighted by Gasteiger charge is 2.26. The van der Waals surface area contributed by atoms with Gasteiger partial charge in [0.15, 0.2) is 0 Å². The third-order valence-electron chi connectivity index (χ3n) is 3.78. The lowest BCUT2D eigenvalue weighted by Crippen LogP contribution is -2.28. The Balaban J connectivity index is 4.35. The summed E-state index contributed by atoms with van der Waals surface area (Å²) in [4.78, 5) is 0. The molecule has 0 heterocycles. The number of aliphatic hydroxyl groups is 2. The van der Waals surface area contributed by atoms with Gasteiger partial charge in [-0.05, 0) is 42.4 Å². The Hall–Kier alpha value is -0.0800. The van der Waals surface area contributed by atoms with Crippen LogP contribution in [0.4, 0.5) is 0 Å². The zero-order valence-corrected chi connectivity index (χ0v) is 11.6. The lowest BCUT2D eigenvalue weighted by molar-refractivity contribution is 0.0946. The van der Waals surface area contributed by atoms with Crippen LogP contribution in [0.25, 0.3) is 0 Å². The highest BCUT2D eigenvalue weighted by Crippen LogP contribution is 2.31. The number of aliphatic hydroxyl groups excluding tert-OH is 2. The molecule has 0 amide bonds. The Bertz CT molecular complexity index is 166. The Labute approximate surface area is 101 Å². The standard InChI is InChI=1S/C14H30O2/c1-10(2)13(7-6-12(5)8-15)14(9-16)11(3)4/h10-16H,6-9H2,1-5H3/t12?,13-,14-/m0/s1. The van der Waals surface area contributed by atoms with Gasteiger partial charge in [-0.2, -0.15) is 0 Å². The SMILES string of the molecule is CC(CO)CC[C@@H](C(C)C)[C@@H](CO)C(C)C. The minimum absolute atomic E-state index is 0.274. The van der Waals surface area contributed by atoms with Crippen LogP contribution in [-0.4, -0.2) is 23.4 Å². The molecule has 0 aromatic rings. The summed E-state index contributed by atoms with van der Waals surface area (Å²) in [7, 11) is 0. The summed E-state index contributed by atoms with van der Waals surface area (Å²) in [5.74, 6) is 2.48. The van der Waals surface area contributed by atoms with E-state index in [2.05, 4.69) is 34.6 Å². The van der Waals surface area contributed by atoms with Crippen LogP contribution < -0.4 is 0 Å². The van der Waals surface area contributed by atoms with E-state index < -0.39 is 0 Å². The number of rotatable bonds is 8. The smallest absolute Gasteiger partial charge is 0.0464 e. The first kappa shape index (κ1) is 15.9. The molecule has 0 fully saturated rings.